The quantitative estimate of drug-likeness (QED) is 0.508. The molecule has 4 nitrogen and oxygen atoms in total. The molecule has 1 amide bonds. The number of nitrogens with one attached hydrogen (secondary N) is 2. The van der Waals surface area contributed by atoms with Crippen LogP contribution in [0.1, 0.15) is 26.7 Å². The fraction of sp³-hybridized carbons (Fsp3) is 0.136. The van der Waals surface area contributed by atoms with Gasteiger partial charge in [0.15, 0.2) is 0 Å². The molecule has 0 aliphatic rings. The van der Waals surface area contributed by atoms with Crippen LogP contribution in [0, 0.1) is 0 Å². The number of carbonyl (C=O) groups excluding carboxylic acids is 1. The Kier molecular flexibility index (Phi) is 4.94. The average Bonchev–Trinajstić information content (AvgIpc) is 3.39. The van der Waals surface area contributed by atoms with Crippen LogP contribution in [0.5, 0.6) is 5.75 Å². The highest BCUT2D eigenvalue weighted by Crippen LogP contribution is 2.31. The van der Waals surface area contributed by atoms with Crippen LogP contribution < -0.4 is 10.1 Å². The SMILES string of the molecule is COc1ccc([C@@H](CNC(=O)c2cccs2)c2c[nH]c3ccccc23)cc1. The lowest BCUT2D eigenvalue weighted by Gasteiger charge is -2.18. The van der Waals surface area contributed by atoms with Gasteiger partial charge in [-0.3, -0.25) is 4.79 Å². The topological polar surface area (TPSA) is 54.1 Å². The zero-order valence-corrected chi connectivity index (χ0v) is 15.8. The largest absolute Gasteiger partial charge is 0.497 e. The number of benzene rings is 2. The van der Waals surface area contributed by atoms with Crippen LogP contribution in [0.2, 0.25) is 0 Å². The monoisotopic (exact) mass is 376 g/mol. The van der Waals surface area contributed by atoms with Crippen molar-refractivity contribution in [1.82, 2.24) is 10.3 Å². The van der Waals surface area contributed by atoms with Gasteiger partial charge in [-0.25, -0.2) is 0 Å². The van der Waals surface area contributed by atoms with Gasteiger partial charge in [-0.2, -0.15) is 0 Å². The summed E-state index contributed by atoms with van der Waals surface area (Å²) in [6, 6.07) is 20.0. The number of hydrogen-bond acceptors (Lipinski definition) is 3. The number of rotatable bonds is 6. The summed E-state index contributed by atoms with van der Waals surface area (Å²) >= 11 is 1.45. The summed E-state index contributed by atoms with van der Waals surface area (Å²) in [6.07, 6.45) is 2.04. The third-order valence-electron chi connectivity index (χ3n) is 4.73. The van der Waals surface area contributed by atoms with Crippen LogP contribution in [0.4, 0.5) is 0 Å². The van der Waals surface area contributed by atoms with E-state index in [0.29, 0.717) is 6.54 Å². The first kappa shape index (κ1) is 17.4. The van der Waals surface area contributed by atoms with Crippen LogP contribution in [0.15, 0.2) is 72.2 Å². The second-order valence-corrected chi connectivity index (χ2v) is 7.25. The lowest BCUT2D eigenvalue weighted by atomic mass is 9.90. The Balaban J connectivity index is 1.67. The summed E-state index contributed by atoms with van der Waals surface area (Å²) in [6.45, 7) is 0.519. The molecule has 0 fully saturated rings. The Morgan fingerprint density at radius 1 is 1.11 bits per heavy atom. The van der Waals surface area contributed by atoms with Gasteiger partial charge in [-0.15, -0.1) is 11.3 Å². The summed E-state index contributed by atoms with van der Waals surface area (Å²) in [4.78, 5) is 16.5. The minimum atomic E-state index is -0.0386. The molecule has 0 aliphatic carbocycles. The molecule has 136 valence electrons. The first-order chi connectivity index (χ1) is 13.3. The summed E-state index contributed by atoms with van der Waals surface area (Å²) in [5, 5.41) is 6.17. The summed E-state index contributed by atoms with van der Waals surface area (Å²) in [7, 11) is 1.66. The number of para-hydroxylation sites is 1. The van der Waals surface area contributed by atoms with Crippen molar-refractivity contribution >= 4 is 28.1 Å². The van der Waals surface area contributed by atoms with Gasteiger partial charge in [0, 0.05) is 29.6 Å². The number of aromatic amines is 1. The first-order valence-corrected chi connectivity index (χ1v) is 9.66. The molecule has 0 radical (unpaired) electrons. The molecule has 0 aliphatic heterocycles. The molecule has 1 atom stereocenters. The van der Waals surface area contributed by atoms with Gasteiger partial charge in [0.1, 0.15) is 5.75 Å². The maximum Gasteiger partial charge on any atom is 0.261 e. The molecular weight excluding hydrogens is 356 g/mol. The molecule has 4 aromatic rings. The molecule has 0 spiro atoms. The number of ether oxygens (including phenoxy) is 1. The van der Waals surface area contributed by atoms with Gasteiger partial charge in [-0.05, 0) is 40.8 Å². The zero-order valence-electron chi connectivity index (χ0n) is 14.9. The predicted molar refractivity (Wildman–Crippen MR) is 110 cm³/mol. The van der Waals surface area contributed by atoms with Crippen LogP contribution >= 0.6 is 11.3 Å². The molecule has 0 saturated carbocycles. The molecule has 27 heavy (non-hydrogen) atoms. The fourth-order valence-corrected chi connectivity index (χ4v) is 3.96. The number of methoxy groups -OCH3 is 1. The van der Waals surface area contributed by atoms with Crippen molar-refractivity contribution in [1.29, 1.82) is 0 Å². The second-order valence-electron chi connectivity index (χ2n) is 6.30. The highest BCUT2D eigenvalue weighted by Gasteiger charge is 2.19. The van der Waals surface area contributed by atoms with Gasteiger partial charge in [0.25, 0.3) is 5.91 Å². The second kappa shape index (κ2) is 7.68. The van der Waals surface area contributed by atoms with Crippen LogP contribution in [0.25, 0.3) is 10.9 Å². The standard InChI is InChI=1S/C22H20N2O2S/c1-26-16-10-8-15(9-11-16)18(13-24-22(25)21-7-4-12-27-21)19-14-23-20-6-3-2-5-17(19)20/h2-12,14,18,23H,13H2,1H3,(H,24,25)/t18-/m1/s1. The van der Waals surface area contributed by atoms with Gasteiger partial charge < -0.3 is 15.0 Å². The van der Waals surface area contributed by atoms with E-state index in [1.807, 2.05) is 48.0 Å². The average molecular weight is 376 g/mol. The number of aromatic nitrogens is 1. The molecule has 2 aromatic carbocycles. The number of amides is 1. The normalized spacial score (nSPS) is 12.0. The Bertz CT molecular complexity index is 1040. The van der Waals surface area contributed by atoms with Crippen LogP contribution in [-0.4, -0.2) is 24.5 Å². The number of H-pyrrole nitrogens is 1. The Morgan fingerprint density at radius 3 is 2.67 bits per heavy atom. The van der Waals surface area contributed by atoms with Gasteiger partial charge >= 0.3 is 0 Å². The van der Waals surface area contributed by atoms with Crippen molar-refractivity contribution in [2.45, 2.75) is 5.92 Å². The summed E-state index contributed by atoms with van der Waals surface area (Å²) < 4.78 is 5.28. The molecule has 0 saturated heterocycles. The van der Waals surface area contributed by atoms with E-state index < -0.39 is 0 Å². The Labute approximate surface area is 161 Å². The van der Waals surface area contributed by atoms with E-state index in [0.717, 1.165) is 21.7 Å². The smallest absolute Gasteiger partial charge is 0.261 e. The lowest BCUT2D eigenvalue weighted by molar-refractivity contribution is 0.0956. The van der Waals surface area contributed by atoms with Gasteiger partial charge in [0.05, 0.1) is 12.0 Å². The maximum absolute atomic E-state index is 12.4. The number of thiophene rings is 1. The van der Waals surface area contributed by atoms with Crippen molar-refractivity contribution in [3.63, 3.8) is 0 Å². The van der Waals surface area contributed by atoms with E-state index in [9.17, 15) is 4.79 Å². The van der Waals surface area contributed by atoms with Gasteiger partial charge in [0.2, 0.25) is 0 Å². The molecule has 0 unspecified atom stereocenters. The lowest BCUT2D eigenvalue weighted by Crippen LogP contribution is -2.28. The van der Waals surface area contributed by atoms with E-state index in [2.05, 4.69) is 34.6 Å². The zero-order chi connectivity index (χ0) is 18.6. The van der Waals surface area contributed by atoms with Crippen LogP contribution in [-0.2, 0) is 0 Å². The fourth-order valence-electron chi connectivity index (χ4n) is 3.32. The minimum Gasteiger partial charge on any atom is -0.497 e. The maximum atomic E-state index is 12.4. The molecule has 2 aromatic heterocycles. The Hall–Kier alpha value is -3.05. The van der Waals surface area contributed by atoms with E-state index in [1.165, 1.54) is 22.3 Å². The highest BCUT2D eigenvalue weighted by molar-refractivity contribution is 7.12. The molecular formula is C22H20N2O2S. The van der Waals surface area contributed by atoms with Crippen molar-refractivity contribution in [3.8, 4) is 5.75 Å². The first-order valence-electron chi connectivity index (χ1n) is 8.78. The van der Waals surface area contributed by atoms with Crippen LogP contribution in [0.3, 0.4) is 0 Å². The molecule has 0 bridgehead atoms. The molecule has 2 heterocycles. The summed E-state index contributed by atoms with van der Waals surface area (Å²) in [5.74, 6) is 0.818. The number of carbonyl (C=O) groups is 1. The highest BCUT2D eigenvalue weighted by atomic mass is 32.1. The molecule has 2 N–H and O–H groups in total. The van der Waals surface area contributed by atoms with E-state index in [4.69, 9.17) is 4.74 Å². The Morgan fingerprint density at radius 2 is 1.93 bits per heavy atom. The minimum absolute atomic E-state index is 0.0379. The number of fused-ring (bicyclic) bond motifs is 1. The predicted octanol–water partition coefficient (Wildman–Crippen LogP) is 4.80. The van der Waals surface area contributed by atoms with Crippen molar-refractivity contribution in [2.24, 2.45) is 0 Å². The summed E-state index contributed by atoms with van der Waals surface area (Å²) in [5.41, 5.74) is 3.39. The van der Waals surface area contributed by atoms with E-state index in [-0.39, 0.29) is 11.8 Å². The number of hydrogen-bond donors (Lipinski definition) is 2. The molecule has 4 rings (SSSR count). The third kappa shape index (κ3) is 3.59. The van der Waals surface area contributed by atoms with E-state index in [1.54, 1.807) is 7.11 Å². The van der Waals surface area contributed by atoms with E-state index >= 15 is 0 Å². The van der Waals surface area contributed by atoms with Crippen molar-refractivity contribution in [3.05, 3.63) is 88.2 Å². The molecule has 5 heteroatoms. The van der Waals surface area contributed by atoms with Crippen molar-refractivity contribution < 1.29 is 9.53 Å². The van der Waals surface area contributed by atoms with Gasteiger partial charge in [-0.1, -0.05) is 36.4 Å². The van der Waals surface area contributed by atoms with Crippen molar-refractivity contribution in [2.75, 3.05) is 13.7 Å². The third-order valence-corrected chi connectivity index (χ3v) is 5.60.